The van der Waals surface area contributed by atoms with Crippen molar-refractivity contribution in [3.05, 3.63) is 0 Å². The molecule has 0 spiro atoms. The smallest absolute Gasteiger partial charge is 0.408 e. The van der Waals surface area contributed by atoms with Crippen LogP contribution in [0.4, 0.5) is 4.79 Å². The Morgan fingerprint density at radius 1 is 1.16 bits per heavy atom. The molecule has 3 amide bonds. The Kier molecular flexibility index (Phi) is 8.94. The van der Waals surface area contributed by atoms with Gasteiger partial charge in [-0.3, -0.25) is 9.59 Å². The van der Waals surface area contributed by atoms with Crippen LogP contribution in [0.3, 0.4) is 0 Å². The number of nitrogens with one attached hydrogen (secondary N) is 2. The van der Waals surface area contributed by atoms with E-state index < -0.39 is 41.6 Å². The largest absolute Gasteiger partial charge is 0.480 e. The van der Waals surface area contributed by atoms with Gasteiger partial charge in [-0.25, -0.2) is 9.59 Å². The number of aliphatic carboxylic acids is 1. The second kappa shape index (κ2) is 9.85. The van der Waals surface area contributed by atoms with Gasteiger partial charge in [-0.05, 0) is 33.1 Å². The number of alkyl carbamates (subject to hydrolysis) is 1. The Bertz CT molecular complexity index is 501. The molecule has 0 rings (SSSR count). The third-order valence-corrected chi connectivity index (χ3v) is 3.46. The molecule has 144 valence electrons. The van der Waals surface area contributed by atoms with Gasteiger partial charge in [0, 0.05) is 6.42 Å². The molecule has 0 bridgehead atoms. The van der Waals surface area contributed by atoms with E-state index in [0.29, 0.717) is 6.42 Å². The zero-order valence-corrected chi connectivity index (χ0v) is 15.4. The van der Waals surface area contributed by atoms with E-state index in [1.54, 1.807) is 27.7 Å². The molecule has 3 atom stereocenters. The standard InChI is InChI=1S/C16H29N3O6/c1-6-9(2)12(19-15(24)25-16(3,4)5)13(21)18-10(14(22)23)7-8-11(17)20/h9-10,12H,6-8H2,1-5H3,(H2,17,20)(H,18,21)(H,19,24)(H,22,23)/t9-,10+,12-/m0/s1. The lowest BCUT2D eigenvalue weighted by atomic mass is 9.98. The summed E-state index contributed by atoms with van der Waals surface area (Å²) in [5.74, 6) is -2.85. The van der Waals surface area contributed by atoms with Crippen molar-refractivity contribution < 1.29 is 29.0 Å². The minimum absolute atomic E-state index is 0.129. The number of nitrogens with two attached hydrogens (primary N) is 1. The van der Waals surface area contributed by atoms with Gasteiger partial charge in [-0.15, -0.1) is 0 Å². The maximum absolute atomic E-state index is 12.4. The monoisotopic (exact) mass is 359 g/mol. The zero-order chi connectivity index (χ0) is 19.8. The number of amides is 3. The van der Waals surface area contributed by atoms with Gasteiger partial charge in [0.2, 0.25) is 11.8 Å². The molecule has 0 saturated heterocycles. The summed E-state index contributed by atoms with van der Waals surface area (Å²) >= 11 is 0. The van der Waals surface area contributed by atoms with Crippen LogP contribution in [0.5, 0.6) is 0 Å². The molecule has 0 aliphatic rings. The summed E-state index contributed by atoms with van der Waals surface area (Å²) in [7, 11) is 0. The average molecular weight is 359 g/mol. The van der Waals surface area contributed by atoms with Crippen LogP contribution in [0.25, 0.3) is 0 Å². The topological polar surface area (TPSA) is 148 Å². The fraction of sp³-hybridized carbons (Fsp3) is 0.750. The molecule has 0 fully saturated rings. The van der Waals surface area contributed by atoms with Gasteiger partial charge in [0.05, 0.1) is 0 Å². The van der Waals surface area contributed by atoms with Gasteiger partial charge in [0.15, 0.2) is 0 Å². The second-order valence-electron chi connectivity index (χ2n) is 6.91. The molecule has 25 heavy (non-hydrogen) atoms. The molecule has 5 N–H and O–H groups in total. The Morgan fingerprint density at radius 2 is 1.72 bits per heavy atom. The summed E-state index contributed by atoms with van der Waals surface area (Å²) < 4.78 is 5.14. The van der Waals surface area contributed by atoms with E-state index in [2.05, 4.69) is 10.6 Å². The summed E-state index contributed by atoms with van der Waals surface area (Å²) in [5.41, 5.74) is 4.28. The molecule has 0 radical (unpaired) electrons. The molecule has 9 heteroatoms. The van der Waals surface area contributed by atoms with Crippen molar-refractivity contribution in [1.82, 2.24) is 10.6 Å². The highest BCUT2D eigenvalue weighted by atomic mass is 16.6. The van der Waals surface area contributed by atoms with Crippen LogP contribution in [0.2, 0.25) is 0 Å². The summed E-state index contributed by atoms with van der Waals surface area (Å²) in [4.78, 5) is 46.4. The number of carboxylic acids is 1. The first-order chi connectivity index (χ1) is 11.4. The lowest BCUT2D eigenvalue weighted by molar-refractivity contribution is -0.142. The molecule has 0 aromatic rings. The molecule has 9 nitrogen and oxygen atoms in total. The van der Waals surface area contributed by atoms with Crippen molar-refractivity contribution >= 4 is 23.9 Å². The SMILES string of the molecule is CC[C@H](C)[C@H](NC(=O)OC(C)(C)C)C(=O)N[C@H](CCC(N)=O)C(=O)O. The third kappa shape index (κ3) is 9.53. The van der Waals surface area contributed by atoms with E-state index >= 15 is 0 Å². The molecular weight excluding hydrogens is 330 g/mol. The maximum Gasteiger partial charge on any atom is 0.408 e. The number of carboxylic acid groups (broad SMARTS) is 1. The predicted octanol–water partition coefficient (Wildman–Crippen LogP) is 0.761. The van der Waals surface area contributed by atoms with Crippen LogP contribution in [0.15, 0.2) is 0 Å². The zero-order valence-electron chi connectivity index (χ0n) is 15.4. The van der Waals surface area contributed by atoms with Crippen molar-refractivity contribution in [3.8, 4) is 0 Å². The van der Waals surface area contributed by atoms with E-state index in [1.165, 1.54) is 0 Å². The highest BCUT2D eigenvalue weighted by Crippen LogP contribution is 2.12. The number of carbonyl (C=O) groups excluding carboxylic acids is 3. The first kappa shape index (κ1) is 22.7. The average Bonchev–Trinajstić information content (AvgIpc) is 2.45. The van der Waals surface area contributed by atoms with Gasteiger partial charge in [-0.2, -0.15) is 0 Å². The van der Waals surface area contributed by atoms with Gasteiger partial charge < -0.3 is 26.2 Å². The first-order valence-electron chi connectivity index (χ1n) is 8.18. The molecule has 0 aromatic carbocycles. The van der Waals surface area contributed by atoms with E-state index in [1.807, 2.05) is 6.92 Å². The molecular formula is C16H29N3O6. The fourth-order valence-corrected chi connectivity index (χ4v) is 1.94. The van der Waals surface area contributed by atoms with Crippen LogP contribution in [0.1, 0.15) is 53.9 Å². The minimum atomic E-state index is -1.28. The summed E-state index contributed by atoms with van der Waals surface area (Å²) in [6.07, 6.45) is -0.495. The van der Waals surface area contributed by atoms with Crippen molar-refractivity contribution in [2.75, 3.05) is 0 Å². The number of ether oxygens (including phenoxy) is 1. The van der Waals surface area contributed by atoms with Gasteiger partial charge in [0.1, 0.15) is 17.7 Å². The van der Waals surface area contributed by atoms with E-state index in [-0.39, 0.29) is 18.8 Å². The third-order valence-electron chi connectivity index (χ3n) is 3.46. The summed E-state index contributed by atoms with van der Waals surface area (Å²) in [6.45, 7) is 8.66. The van der Waals surface area contributed by atoms with Crippen LogP contribution in [-0.4, -0.2) is 46.7 Å². The Labute approximate surface area is 147 Å². The maximum atomic E-state index is 12.4. The van der Waals surface area contributed by atoms with Crippen molar-refractivity contribution in [1.29, 1.82) is 0 Å². The van der Waals surface area contributed by atoms with Crippen LogP contribution < -0.4 is 16.4 Å². The van der Waals surface area contributed by atoms with Crippen LogP contribution in [0, 0.1) is 5.92 Å². The Hall–Kier alpha value is -2.32. The number of hydrogen-bond acceptors (Lipinski definition) is 5. The number of rotatable bonds is 9. The predicted molar refractivity (Wildman–Crippen MR) is 90.6 cm³/mol. The Balaban J connectivity index is 5.06. The van der Waals surface area contributed by atoms with Crippen molar-refractivity contribution in [3.63, 3.8) is 0 Å². The second-order valence-corrected chi connectivity index (χ2v) is 6.91. The molecule has 0 aromatic heterocycles. The first-order valence-corrected chi connectivity index (χ1v) is 8.18. The molecule has 0 aliphatic carbocycles. The van der Waals surface area contributed by atoms with E-state index in [4.69, 9.17) is 15.6 Å². The van der Waals surface area contributed by atoms with Gasteiger partial charge in [-0.1, -0.05) is 20.3 Å². The number of hydrogen-bond donors (Lipinski definition) is 4. The van der Waals surface area contributed by atoms with Crippen molar-refractivity contribution in [2.24, 2.45) is 11.7 Å². The Morgan fingerprint density at radius 3 is 2.12 bits per heavy atom. The molecule has 0 saturated carbocycles. The molecule has 0 aliphatic heterocycles. The van der Waals surface area contributed by atoms with Crippen LogP contribution in [-0.2, 0) is 19.1 Å². The van der Waals surface area contributed by atoms with E-state index in [9.17, 15) is 19.2 Å². The lowest BCUT2D eigenvalue weighted by Gasteiger charge is -2.27. The van der Waals surface area contributed by atoms with Crippen molar-refractivity contribution in [2.45, 2.75) is 71.6 Å². The van der Waals surface area contributed by atoms with Gasteiger partial charge >= 0.3 is 12.1 Å². The highest BCUT2D eigenvalue weighted by molar-refractivity contribution is 5.89. The summed E-state index contributed by atoms with van der Waals surface area (Å²) in [6, 6.07) is -2.23. The molecule has 0 heterocycles. The van der Waals surface area contributed by atoms with Crippen LogP contribution >= 0.6 is 0 Å². The quantitative estimate of drug-likeness (QED) is 0.478. The fourth-order valence-electron chi connectivity index (χ4n) is 1.94. The van der Waals surface area contributed by atoms with E-state index in [0.717, 1.165) is 0 Å². The molecule has 0 unspecified atom stereocenters. The number of carbonyl (C=O) groups is 4. The normalized spacial score (nSPS) is 14.8. The van der Waals surface area contributed by atoms with Gasteiger partial charge in [0.25, 0.3) is 0 Å². The lowest BCUT2D eigenvalue weighted by Crippen LogP contribution is -2.54. The summed E-state index contributed by atoms with van der Waals surface area (Å²) in [5, 5.41) is 14.0. The number of primary amides is 1. The highest BCUT2D eigenvalue weighted by Gasteiger charge is 2.31. The minimum Gasteiger partial charge on any atom is -0.480 e.